The van der Waals surface area contributed by atoms with Crippen LogP contribution in [0.5, 0.6) is 0 Å². The predicted molar refractivity (Wildman–Crippen MR) is 40.7 cm³/mol. The molecular formula is C6H11N3. The summed E-state index contributed by atoms with van der Waals surface area (Å²) < 4.78 is 0. The number of amidine groups is 1. The molecule has 0 rings (SSSR count). The van der Waals surface area contributed by atoms with Gasteiger partial charge in [-0.15, -0.1) is 0 Å². The number of hydrogen-bond acceptors (Lipinski definition) is 1. The molecule has 0 spiro atoms. The summed E-state index contributed by atoms with van der Waals surface area (Å²) in [5.41, 5.74) is 0. The van der Waals surface area contributed by atoms with Crippen LogP contribution in [-0.2, 0) is 0 Å². The zero-order valence-electron chi connectivity index (χ0n) is 5.76. The van der Waals surface area contributed by atoms with Crippen LogP contribution in [-0.4, -0.2) is 18.4 Å². The van der Waals surface area contributed by atoms with Crippen LogP contribution < -0.4 is 0 Å². The fraction of sp³-hybridized carbons (Fsp3) is 0.500. The summed E-state index contributed by atoms with van der Waals surface area (Å²) in [6.07, 6.45) is 3.66. The van der Waals surface area contributed by atoms with Gasteiger partial charge in [-0.1, -0.05) is 6.92 Å². The van der Waals surface area contributed by atoms with Crippen molar-refractivity contribution >= 4 is 18.4 Å². The summed E-state index contributed by atoms with van der Waals surface area (Å²) in [6.45, 7) is 3.76. The molecule has 0 atom stereocenters. The quantitative estimate of drug-likeness (QED) is 0.429. The molecule has 0 unspecified atom stereocenters. The van der Waals surface area contributed by atoms with Crippen molar-refractivity contribution < 1.29 is 0 Å². The molecule has 0 aromatic carbocycles. The maximum absolute atomic E-state index is 6.58. The third kappa shape index (κ3) is 4.87. The fourth-order valence-electron chi connectivity index (χ4n) is 0.350. The Kier molecular flexibility index (Phi) is 4.59. The molecule has 3 nitrogen and oxygen atoms in total. The smallest absolute Gasteiger partial charge is 0.126 e. The van der Waals surface area contributed by atoms with E-state index < -0.39 is 0 Å². The molecule has 0 aliphatic rings. The van der Waals surface area contributed by atoms with Crippen molar-refractivity contribution in [3.05, 3.63) is 0 Å². The van der Waals surface area contributed by atoms with E-state index in [1.165, 1.54) is 0 Å². The minimum absolute atomic E-state index is 0.631. The zero-order chi connectivity index (χ0) is 7.11. The van der Waals surface area contributed by atoms with Crippen LogP contribution in [0.2, 0.25) is 0 Å². The van der Waals surface area contributed by atoms with Crippen molar-refractivity contribution in [2.24, 2.45) is 9.98 Å². The highest BCUT2D eigenvalue weighted by Gasteiger charge is 1.77. The molecule has 3 heteroatoms. The van der Waals surface area contributed by atoms with Crippen LogP contribution in [0.1, 0.15) is 20.3 Å². The second kappa shape index (κ2) is 5.15. The van der Waals surface area contributed by atoms with Crippen molar-refractivity contribution in [1.29, 1.82) is 5.41 Å². The molecule has 0 aromatic heterocycles. The maximum atomic E-state index is 6.58. The maximum Gasteiger partial charge on any atom is 0.126 e. The molecule has 0 aliphatic carbocycles. The lowest BCUT2D eigenvalue weighted by molar-refractivity contribution is 1.32. The summed E-state index contributed by atoms with van der Waals surface area (Å²) in [5, 5.41) is 6.58. The number of nitrogens with zero attached hydrogens (tertiary/aromatic N) is 2. The third-order valence-corrected chi connectivity index (χ3v) is 0.712. The largest absolute Gasteiger partial charge is 0.289 e. The van der Waals surface area contributed by atoms with E-state index in [2.05, 4.69) is 9.98 Å². The Balaban J connectivity index is 3.74. The minimum Gasteiger partial charge on any atom is -0.289 e. The standard InChI is InChI=1S/C6H11N3/c1-3-4-8-6(2)9-5-7/h4-5,7H,3H2,1-2H3. The Morgan fingerprint density at radius 3 is 2.78 bits per heavy atom. The van der Waals surface area contributed by atoms with E-state index >= 15 is 0 Å². The van der Waals surface area contributed by atoms with Crippen LogP contribution in [0.15, 0.2) is 9.98 Å². The van der Waals surface area contributed by atoms with Gasteiger partial charge in [-0.3, -0.25) is 5.41 Å². The van der Waals surface area contributed by atoms with E-state index in [1.807, 2.05) is 6.92 Å². The highest BCUT2D eigenvalue weighted by atomic mass is 14.9. The van der Waals surface area contributed by atoms with Gasteiger partial charge in [-0.2, -0.15) is 0 Å². The van der Waals surface area contributed by atoms with Gasteiger partial charge in [0, 0.05) is 6.21 Å². The van der Waals surface area contributed by atoms with Gasteiger partial charge in [-0.05, 0) is 13.3 Å². The van der Waals surface area contributed by atoms with Crippen molar-refractivity contribution in [2.45, 2.75) is 20.3 Å². The predicted octanol–water partition coefficient (Wildman–Crippen LogP) is 1.49. The van der Waals surface area contributed by atoms with E-state index in [4.69, 9.17) is 5.41 Å². The van der Waals surface area contributed by atoms with Gasteiger partial charge in [0.05, 0.1) is 0 Å². The molecule has 0 aromatic rings. The number of hydrogen-bond donors (Lipinski definition) is 1. The van der Waals surface area contributed by atoms with Gasteiger partial charge in [-0.25, -0.2) is 9.98 Å². The second-order valence-electron chi connectivity index (χ2n) is 1.53. The first kappa shape index (κ1) is 8.01. The van der Waals surface area contributed by atoms with Gasteiger partial charge >= 0.3 is 0 Å². The fourth-order valence-corrected chi connectivity index (χ4v) is 0.350. The Bertz CT molecular complexity index is 135. The van der Waals surface area contributed by atoms with E-state index in [-0.39, 0.29) is 0 Å². The molecule has 1 N–H and O–H groups in total. The molecule has 0 aliphatic heterocycles. The summed E-state index contributed by atoms with van der Waals surface area (Å²) >= 11 is 0. The van der Waals surface area contributed by atoms with Gasteiger partial charge < -0.3 is 0 Å². The van der Waals surface area contributed by atoms with Crippen LogP contribution in [0, 0.1) is 5.41 Å². The molecular weight excluding hydrogens is 114 g/mol. The third-order valence-electron chi connectivity index (χ3n) is 0.712. The summed E-state index contributed by atoms with van der Waals surface area (Å²) in [7, 11) is 0. The van der Waals surface area contributed by atoms with Crippen molar-refractivity contribution in [2.75, 3.05) is 0 Å². The zero-order valence-corrected chi connectivity index (χ0v) is 5.76. The van der Waals surface area contributed by atoms with Crippen molar-refractivity contribution in [1.82, 2.24) is 0 Å². The first-order valence-corrected chi connectivity index (χ1v) is 2.87. The Morgan fingerprint density at radius 2 is 2.33 bits per heavy atom. The van der Waals surface area contributed by atoms with Gasteiger partial charge in [0.1, 0.15) is 12.2 Å². The molecule has 0 saturated heterocycles. The summed E-state index contributed by atoms with van der Waals surface area (Å²) in [6, 6.07) is 0. The van der Waals surface area contributed by atoms with E-state index in [0.29, 0.717) is 5.84 Å². The van der Waals surface area contributed by atoms with Crippen LogP contribution in [0.4, 0.5) is 0 Å². The number of aliphatic imine (C=N–C) groups is 2. The molecule has 0 bridgehead atoms. The Morgan fingerprint density at radius 1 is 1.67 bits per heavy atom. The average molecular weight is 125 g/mol. The molecule has 50 valence electrons. The average Bonchev–Trinajstić information content (AvgIpc) is 1.85. The van der Waals surface area contributed by atoms with E-state index in [1.54, 1.807) is 13.1 Å². The molecule has 0 fully saturated rings. The van der Waals surface area contributed by atoms with Crippen LogP contribution >= 0.6 is 0 Å². The Labute approximate surface area is 55.0 Å². The first-order valence-electron chi connectivity index (χ1n) is 2.87. The highest BCUT2D eigenvalue weighted by Crippen LogP contribution is 1.76. The van der Waals surface area contributed by atoms with Crippen LogP contribution in [0.25, 0.3) is 0 Å². The normalized spacial score (nSPS) is 12.4. The lowest BCUT2D eigenvalue weighted by Crippen LogP contribution is -1.85. The Hall–Kier alpha value is -0.990. The number of rotatable bonds is 2. The van der Waals surface area contributed by atoms with E-state index in [0.717, 1.165) is 12.8 Å². The van der Waals surface area contributed by atoms with E-state index in [9.17, 15) is 0 Å². The van der Waals surface area contributed by atoms with Gasteiger partial charge in [0.15, 0.2) is 0 Å². The lowest BCUT2D eigenvalue weighted by atomic mass is 10.5. The summed E-state index contributed by atoms with van der Waals surface area (Å²) in [4.78, 5) is 7.53. The lowest BCUT2D eigenvalue weighted by Gasteiger charge is -1.83. The van der Waals surface area contributed by atoms with Gasteiger partial charge in [0.25, 0.3) is 0 Å². The molecule has 0 amide bonds. The van der Waals surface area contributed by atoms with Crippen LogP contribution in [0.3, 0.4) is 0 Å². The van der Waals surface area contributed by atoms with Crippen molar-refractivity contribution in [3.63, 3.8) is 0 Å². The van der Waals surface area contributed by atoms with Gasteiger partial charge in [0.2, 0.25) is 0 Å². The summed E-state index contributed by atoms with van der Waals surface area (Å²) in [5.74, 6) is 0.631. The SMILES string of the molecule is CCC=NC(C)=NC=N. The number of nitrogens with one attached hydrogen (secondary N) is 1. The molecule has 0 heterocycles. The molecule has 0 saturated carbocycles. The minimum atomic E-state index is 0.631. The topological polar surface area (TPSA) is 48.6 Å². The highest BCUT2D eigenvalue weighted by molar-refractivity contribution is 5.91. The molecule has 0 radical (unpaired) electrons. The first-order chi connectivity index (χ1) is 4.31. The molecule has 9 heavy (non-hydrogen) atoms. The second-order valence-corrected chi connectivity index (χ2v) is 1.53. The monoisotopic (exact) mass is 125 g/mol. The van der Waals surface area contributed by atoms with Crippen molar-refractivity contribution in [3.8, 4) is 0 Å².